The number of aromatic nitrogens is 3. The van der Waals surface area contributed by atoms with Gasteiger partial charge in [-0.25, -0.2) is 9.78 Å². The standard InChI is InChI=1S/C22H27N5O/c1-14(2)27-20-12-23-9-7-19(20)25-21(27)17-8-10-26(13-17)22(28)24-18-6-5-15(3)16(4)11-18/h5-7,9,11-12,14,17H,8,10,13H2,1-4H3,(H,24,28)/t17-/m0/s1. The fourth-order valence-electron chi connectivity index (χ4n) is 3.97. The summed E-state index contributed by atoms with van der Waals surface area (Å²) < 4.78 is 2.26. The number of rotatable bonds is 3. The minimum Gasteiger partial charge on any atom is -0.324 e. The summed E-state index contributed by atoms with van der Waals surface area (Å²) in [5.74, 6) is 1.29. The van der Waals surface area contributed by atoms with Crippen LogP contribution in [0.1, 0.15) is 49.2 Å². The van der Waals surface area contributed by atoms with Crippen molar-refractivity contribution in [1.82, 2.24) is 19.4 Å². The van der Waals surface area contributed by atoms with Gasteiger partial charge < -0.3 is 14.8 Å². The van der Waals surface area contributed by atoms with Crippen LogP contribution in [-0.4, -0.2) is 38.6 Å². The predicted molar refractivity (Wildman–Crippen MR) is 112 cm³/mol. The van der Waals surface area contributed by atoms with Crippen molar-refractivity contribution in [2.24, 2.45) is 0 Å². The molecule has 1 aliphatic rings. The Bertz CT molecular complexity index is 1020. The van der Waals surface area contributed by atoms with E-state index in [2.05, 4.69) is 42.6 Å². The van der Waals surface area contributed by atoms with Crippen molar-refractivity contribution in [2.75, 3.05) is 18.4 Å². The first-order valence-corrected chi connectivity index (χ1v) is 9.89. The van der Waals surface area contributed by atoms with Crippen molar-refractivity contribution in [1.29, 1.82) is 0 Å². The van der Waals surface area contributed by atoms with E-state index in [9.17, 15) is 4.79 Å². The number of hydrogen-bond donors (Lipinski definition) is 1. The molecule has 1 saturated heterocycles. The topological polar surface area (TPSA) is 63.1 Å². The van der Waals surface area contributed by atoms with E-state index in [1.54, 1.807) is 6.20 Å². The Morgan fingerprint density at radius 3 is 2.79 bits per heavy atom. The number of urea groups is 1. The number of aryl methyl sites for hydroxylation is 2. The molecule has 0 aliphatic carbocycles. The first kappa shape index (κ1) is 18.5. The number of anilines is 1. The molecule has 2 amide bonds. The first-order chi connectivity index (χ1) is 13.4. The Morgan fingerprint density at radius 2 is 2.04 bits per heavy atom. The van der Waals surface area contributed by atoms with Crippen molar-refractivity contribution < 1.29 is 4.79 Å². The number of pyridine rings is 1. The molecule has 6 nitrogen and oxygen atoms in total. The van der Waals surface area contributed by atoms with Gasteiger partial charge in [0.1, 0.15) is 5.82 Å². The summed E-state index contributed by atoms with van der Waals surface area (Å²) in [6.07, 6.45) is 4.58. The molecule has 1 aromatic carbocycles. The third-order valence-corrected chi connectivity index (χ3v) is 5.63. The number of amides is 2. The van der Waals surface area contributed by atoms with Crippen LogP contribution < -0.4 is 5.32 Å². The number of fused-ring (bicyclic) bond motifs is 1. The van der Waals surface area contributed by atoms with E-state index in [4.69, 9.17) is 4.98 Å². The monoisotopic (exact) mass is 377 g/mol. The Kier molecular flexibility index (Phi) is 4.79. The second-order valence-electron chi connectivity index (χ2n) is 7.96. The van der Waals surface area contributed by atoms with Crippen molar-refractivity contribution in [3.05, 3.63) is 53.6 Å². The number of benzene rings is 1. The summed E-state index contributed by atoms with van der Waals surface area (Å²) in [5.41, 5.74) is 5.27. The number of likely N-dealkylation sites (tertiary alicyclic amines) is 1. The van der Waals surface area contributed by atoms with Gasteiger partial charge in [-0.3, -0.25) is 4.98 Å². The van der Waals surface area contributed by atoms with Crippen LogP contribution >= 0.6 is 0 Å². The van der Waals surface area contributed by atoms with Gasteiger partial charge in [-0.2, -0.15) is 0 Å². The van der Waals surface area contributed by atoms with Crippen LogP contribution in [0.25, 0.3) is 11.0 Å². The van der Waals surface area contributed by atoms with E-state index in [0.29, 0.717) is 12.6 Å². The molecular weight excluding hydrogens is 350 g/mol. The maximum Gasteiger partial charge on any atom is 0.321 e. The van der Waals surface area contributed by atoms with Crippen LogP contribution in [0.3, 0.4) is 0 Å². The second-order valence-corrected chi connectivity index (χ2v) is 7.96. The van der Waals surface area contributed by atoms with Gasteiger partial charge in [0.25, 0.3) is 0 Å². The third-order valence-electron chi connectivity index (χ3n) is 5.63. The molecule has 1 atom stereocenters. The van der Waals surface area contributed by atoms with Crippen molar-refractivity contribution in [3.8, 4) is 0 Å². The number of nitrogens with one attached hydrogen (secondary N) is 1. The van der Waals surface area contributed by atoms with Gasteiger partial charge in [0.15, 0.2) is 0 Å². The van der Waals surface area contributed by atoms with E-state index in [0.717, 1.165) is 35.5 Å². The molecule has 2 aromatic heterocycles. The van der Waals surface area contributed by atoms with E-state index >= 15 is 0 Å². The number of carbonyl (C=O) groups excluding carboxylic acids is 1. The molecule has 1 fully saturated rings. The molecule has 0 unspecified atom stereocenters. The van der Waals surface area contributed by atoms with Gasteiger partial charge in [0.2, 0.25) is 0 Å². The highest BCUT2D eigenvalue weighted by Crippen LogP contribution is 2.31. The fourth-order valence-corrected chi connectivity index (χ4v) is 3.97. The minimum atomic E-state index is -0.0420. The zero-order valence-corrected chi connectivity index (χ0v) is 16.9. The molecule has 0 radical (unpaired) electrons. The molecular formula is C22H27N5O. The predicted octanol–water partition coefficient (Wildman–Crippen LogP) is 4.65. The maximum absolute atomic E-state index is 12.8. The van der Waals surface area contributed by atoms with Crippen molar-refractivity contribution in [3.63, 3.8) is 0 Å². The molecule has 146 valence electrons. The lowest BCUT2D eigenvalue weighted by Gasteiger charge is -2.19. The van der Waals surface area contributed by atoms with Crippen LogP contribution in [0.5, 0.6) is 0 Å². The van der Waals surface area contributed by atoms with Crippen LogP contribution in [0.2, 0.25) is 0 Å². The van der Waals surface area contributed by atoms with Gasteiger partial charge >= 0.3 is 6.03 Å². The quantitative estimate of drug-likeness (QED) is 0.723. The van der Waals surface area contributed by atoms with Crippen LogP contribution in [0.15, 0.2) is 36.7 Å². The molecule has 1 aliphatic heterocycles. The Labute approximate surface area is 165 Å². The summed E-state index contributed by atoms with van der Waals surface area (Å²) in [4.78, 5) is 23.8. The number of nitrogens with zero attached hydrogens (tertiary/aromatic N) is 4. The van der Waals surface area contributed by atoms with Crippen LogP contribution in [-0.2, 0) is 0 Å². The molecule has 3 heterocycles. The van der Waals surface area contributed by atoms with E-state index in [1.165, 1.54) is 11.1 Å². The zero-order valence-electron chi connectivity index (χ0n) is 16.9. The molecule has 28 heavy (non-hydrogen) atoms. The SMILES string of the molecule is Cc1ccc(NC(=O)N2CC[C@H](c3nc4ccncc4n3C(C)C)C2)cc1C. The maximum atomic E-state index is 12.8. The molecule has 0 bridgehead atoms. The minimum absolute atomic E-state index is 0.0420. The van der Waals surface area contributed by atoms with Crippen molar-refractivity contribution in [2.45, 2.75) is 46.1 Å². The van der Waals surface area contributed by atoms with Gasteiger partial charge in [-0.05, 0) is 63.4 Å². The van der Waals surface area contributed by atoms with Crippen molar-refractivity contribution >= 4 is 22.8 Å². The highest BCUT2D eigenvalue weighted by atomic mass is 16.2. The lowest BCUT2D eigenvalue weighted by molar-refractivity contribution is 0.222. The largest absolute Gasteiger partial charge is 0.324 e. The molecule has 0 saturated carbocycles. The van der Waals surface area contributed by atoms with Gasteiger partial charge in [-0.1, -0.05) is 6.07 Å². The number of hydrogen-bond acceptors (Lipinski definition) is 3. The summed E-state index contributed by atoms with van der Waals surface area (Å²) in [6, 6.07) is 8.22. The highest BCUT2D eigenvalue weighted by Gasteiger charge is 2.31. The van der Waals surface area contributed by atoms with E-state index in [-0.39, 0.29) is 11.9 Å². The lowest BCUT2D eigenvalue weighted by Crippen LogP contribution is -2.33. The lowest BCUT2D eigenvalue weighted by atomic mass is 10.1. The summed E-state index contributed by atoms with van der Waals surface area (Å²) in [7, 11) is 0. The Morgan fingerprint density at radius 1 is 1.21 bits per heavy atom. The van der Waals surface area contributed by atoms with Gasteiger partial charge in [-0.15, -0.1) is 0 Å². The average molecular weight is 377 g/mol. The second kappa shape index (κ2) is 7.26. The third kappa shape index (κ3) is 3.35. The summed E-state index contributed by atoms with van der Waals surface area (Å²) in [6.45, 7) is 9.87. The van der Waals surface area contributed by atoms with Gasteiger partial charge in [0, 0.05) is 36.9 Å². The zero-order chi connectivity index (χ0) is 19.8. The van der Waals surface area contributed by atoms with Crippen LogP contribution in [0.4, 0.5) is 10.5 Å². The number of carbonyl (C=O) groups is 1. The molecule has 6 heteroatoms. The molecule has 3 aromatic rings. The Balaban J connectivity index is 1.52. The smallest absolute Gasteiger partial charge is 0.321 e. The highest BCUT2D eigenvalue weighted by molar-refractivity contribution is 5.89. The van der Waals surface area contributed by atoms with E-state index in [1.807, 2.05) is 35.4 Å². The summed E-state index contributed by atoms with van der Waals surface area (Å²) in [5, 5.41) is 3.04. The van der Waals surface area contributed by atoms with E-state index < -0.39 is 0 Å². The molecule has 4 rings (SSSR count). The molecule has 0 spiro atoms. The normalized spacial score (nSPS) is 16.9. The van der Waals surface area contributed by atoms with Crippen LogP contribution in [0, 0.1) is 13.8 Å². The first-order valence-electron chi connectivity index (χ1n) is 9.89. The van der Waals surface area contributed by atoms with Gasteiger partial charge in [0.05, 0.1) is 17.2 Å². The fraction of sp³-hybridized carbons (Fsp3) is 0.409. The molecule has 1 N–H and O–H groups in total. The average Bonchev–Trinajstić information content (AvgIpc) is 3.29. The Hall–Kier alpha value is -2.89. The number of imidazole rings is 1. The summed E-state index contributed by atoms with van der Waals surface area (Å²) >= 11 is 0.